The van der Waals surface area contributed by atoms with Crippen molar-refractivity contribution < 1.29 is 4.74 Å². The monoisotopic (exact) mass is 266 g/mol. The summed E-state index contributed by atoms with van der Waals surface area (Å²) >= 11 is 0. The van der Waals surface area contributed by atoms with E-state index in [2.05, 4.69) is 10.2 Å². The minimum atomic E-state index is -0.181. The highest BCUT2D eigenvalue weighted by Gasteiger charge is 2.06. The van der Waals surface area contributed by atoms with E-state index < -0.39 is 0 Å². The molecule has 0 bridgehead atoms. The highest BCUT2D eigenvalue weighted by molar-refractivity contribution is 5.83. The van der Waals surface area contributed by atoms with Gasteiger partial charge in [-0.25, -0.2) is 5.10 Å². The van der Waals surface area contributed by atoms with Crippen LogP contribution in [0.15, 0.2) is 53.3 Å². The van der Waals surface area contributed by atoms with E-state index in [1.807, 2.05) is 49.4 Å². The van der Waals surface area contributed by atoms with Crippen LogP contribution < -0.4 is 10.3 Å². The SMILES string of the molecule is Cc1cccc(OCc2n[nH]c(=O)c3ccccc23)c1. The van der Waals surface area contributed by atoms with Gasteiger partial charge in [0, 0.05) is 5.39 Å². The van der Waals surface area contributed by atoms with Crippen LogP contribution in [0.1, 0.15) is 11.3 Å². The van der Waals surface area contributed by atoms with Crippen molar-refractivity contribution in [2.45, 2.75) is 13.5 Å². The lowest BCUT2D eigenvalue weighted by molar-refractivity contribution is 0.301. The standard InChI is InChI=1S/C16H14N2O2/c1-11-5-4-6-12(9-11)20-10-15-13-7-2-3-8-14(13)16(19)18-17-15/h2-9H,10H2,1H3,(H,18,19). The van der Waals surface area contributed by atoms with Gasteiger partial charge in [-0.1, -0.05) is 30.3 Å². The van der Waals surface area contributed by atoms with Gasteiger partial charge in [0.1, 0.15) is 18.1 Å². The Morgan fingerprint density at radius 2 is 1.90 bits per heavy atom. The molecule has 0 atom stereocenters. The van der Waals surface area contributed by atoms with Crippen molar-refractivity contribution in [1.29, 1.82) is 0 Å². The van der Waals surface area contributed by atoms with Gasteiger partial charge in [-0.3, -0.25) is 4.79 Å². The molecule has 3 aromatic rings. The molecule has 100 valence electrons. The zero-order valence-corrected chi connectivity index (χ0v) is 11.1. The molecule has 0 aliphatic carbocycles. The van der Waals surface area contributed by atoms with Crippen LogP contribution in [-0.4, -0.2) is 10.2 Å². The molecule has 0 aliphatic rings. The molecule has 0 fully saturated rings. The van der Waals surface area contributed by atoms with E-state index in [-0.39, 0.29) is 5.56 Å². The zero-order valence-electron chi connectivity index (χ0n) is 11.1. The van der Waals surface area contributed by atoms with Crippen molar-refractivity contribution in [3.63, 3.8) is 0 Å². The van der Waals surface area contributed by atoms with Gasteiger partial charge < -0.3 is 4.74 Å². The molecule has 1 aromatic heterocycles. The molecule has 4 heteroatoms. The van der Waals surface area contributed by atoms with Gasteiger partial charge in [0.15, 0.2) is 0 Å². The van der Waals surface area contributed by atoms with Crippen molar-refractivity contribution in [2.75, 3.05) is 0 Å². The summed E-state index contributed by atoms with van der Waals surface area (Å²) < 4.78 is 5.74. The number of fused-ring (bicyclic) bond motifs is 1. The molecule has 0 amide bonds. The highest BCUT2D eigenvalue weighted by atomic mass is 16.5. The van der Waals surface area contributed by atoms with E-state index in [0.29, 0.717) is 12.0 Å². The Morgan fingerprint density at radius 3 is 2.70 bits per heavy atom. The number of ether oxygens (including phenoxy) is 1. The first-order valence-corrected chi connectivity index (χ1v) is 6.40. The molecular formula is C16H14N2O2. The van der Waals surface area contributed by atoms with E-state index in [1.165, 1.54) is 0 Å². The number of benzene rings is 2. The average molecular weight is 266 g/mol. The van der Waals surface area contributed by atoms with Gasteiger partial charge >= 0.3 is 0 Å². The minimum absolute atomic E-state index is 0.181. The number of aromatic amines is 1. The molecule has 3 rings (SSSR count). The lowest BCUT2D eigenvalue weighted by Gasteiger charge is -2.08. The molecule has 0 saturated carbocycles. The van der Waals surface area contributed by atoms with E-state index in [0.717, 1.165) is 22.4 Å². The Labute approximate surface area is 116 Å². The first kappa shape index (κ1) is 12.4. The number of hydrogen-bond donors (Lipinski definition) is 1. The predicted molar refractivity (Wildman–Crippen MR) is 77.9 cm³/mol. The third-order valence-corrected chi connectivity index (χ3v) is 3.14. The molecule has 4 nitrogen and oxygen atoms in total. The van der Waals surface area contributed by atoms with Gasteiger partial charge in [0.25, 0.3) is 5.56 Å². The average Bonchev–Trinajstić information content (AvgIpc) is 2.47. The van der Waals surface area contributed by atoms with Crippen molar-refractivity contribution in [3.8, 4) is 5.75 Å². The smallest absolute Gasteiger partial charge is 0.272 e. The van der Waals surface area contributed by atoms with Gasteiger partial charge in [0.2, 0.25) is 0 Å². The van der Waals surface area contributed by atoms with Gasteiger partial charge in [-0.15, -0.1) is 0 Å². The maximum absolute atomic E-state index is 11.7. The Bertz CT molecular complexity index is 809. The second-order valence-corrected chi connectivity index (χ2v) is 4.65. The second-order valence-electron chi connectivity index (χ2n) is 4.65. The van der Waals surface area contributed by atoms with Crippen LogP contribution in [0.5, 0.6) is 5.75 Å². The van der Waals surface area contributed by atoms with Crippen LogP contribution in [0.3, 0.4) is 0 Å². The number of rotatable bonds is 3. The quantitative estimate of drug-likeness (QED) is 0.793. The maximum atomic E-state index is 11.7. The van der Waals surface area contributed by atoms with E-state index in [9.17, 15) is 4.79 Å². The zero-order chi connectivity index (χ0) is 13.9. The summed E-state index contributed by atoms with van der Waals surface area (Å²) in [6.45, 7) is 2.33. The van der Waals surface area contributed by atoms with Crippen LogP contribution in [-0.2, 0) is 6.61 Å². The van der Waals surface area contributed by atoms with Crippen LogP contribution in [0.25, 0.3) is 10.8 Å². The normalized spacial score (nSPS) is 10.7. The molecule has 0 unspecified atom stereocenters. The summed E-state index contributed by atoms with van der Waals surface area (Å²) in [5.41, 5.74) is 1.68. The first-order chi connectivity index (χ1) is 9.74. The van der Waals surface area contributed by atoms with Gasteiger partial charge in [-0.2, -0.15) is 5.10 Å². The second kappa shape index (κ2) is 5.17. The third kappa shape index (κ3) is 2.40. The Morgan fingerprint density at radius 1 is 1.10 bits per heavy atom. The number of H-pyrrole nitrogens is 1. The molecule has 0 saturated heterocycles. The molecule has 0 aliphatic heterocycles. The van der Waals surface area contributed by atoms with Crippen molar-refractivity contribution in [3.05, 3.63) is 70.1 Å². The van der Waals surface area contributed by atoms with E-state index in [4.69, 9.17) is 4.74 Å². The number of hydrogen-bond acceptors (Lipinski definition) is 3. The fourth-order valence-corrected chi connectivity index (χ4v) is 2.14. The molecule has 20 heavy (non-hydrogen) atoms. The van der Waals surface area contributed by atoms with Crippen molar-refractivity contribution >= 4 is 10.8 Å². The van der Waals surface area contributed by atoms with Gasteiger partial charge in [0.05, 0.1) is 5.39 Å². The maximum Gasteiger partial charge on any atom is 0.272 e. The van der Waals surface area contributed by atoms with Crippen molar-refractivity contribution in [2.24, 2.45) is 0 Å². The fourth-order valence-electron chi connectivity index (χ4n) is 2.14. The lowest BCUT2D eigenvalue weighted by atomic mass is 10.1. The molecule has 2 aromatic carbocycles. The van der Waals surface area contributed by atoms with Gasteiger partial charge in [-0.05, 0) is 30.7 Å². The number of nitrogens with zero attached hydrogens (tertiary/aromatic N) is 1. The minimum Gasteiger partial charge on any atom is -0.487 e. The lowest BCUT2D eigenvalue weighted by Crippen LogP contribution is -2.12. The Balaban J connectivity index is 1.92. The molecular weight excluding hydrogens is 252 g/mol. The molecule has 0 spiro atoms. The van der Waals surface area contributed by atoms with Crippen LogP contribution in [0.2, 0.25) is 0 Å². The van der Waals surface area contributed by atoms with E-state index >= 15 is 0 Å². The summed E-state index contributed by atoms with van der Waals surface area (Å²) in [6, 6.07) is 15.2. The Kier molecular flexibility index (Phi) is 3.21. The Hall–Kier alpha value is -2.62. The summed E-state index contributed by atoms with van der Waals surface area (Å²) in [5, 5.41) is 8.04. The van der Waals surface area contributed by atoms with Crippen molar-refractivity contribution in [1.82, 2.24) is 10.2 Å². The predicted octanol–water partition coefficient (Wildman–Crippen LogP) is 2.81. The number of aryl methyl sites for hydroxylation is 1. The number of aromatic nitrogens is 2. The summed E-state index contributed by atoms with van der Waals surface area (Å²) in [5.74, 6) is 0.794. The molecule has 1 heterocycles. The van der Waals surface area contributed by atoms with Crippen LogP contribution >= 0.6 is 0 Å². The topological polar surface area (TPSA) is 55.0 Å². The van der Waals surface area contributed by atoms with E-state index in [1.54, 1.807) is 6.07 Å². The number of nitrogens with one attached hydrogen (secondary N) is 1. The molecule has 0 radical (unpaired) electrons. The highest BCUT2D eigenvalue weighted by Crippen LogP contribution is 2.17. The van der Waals surface area contributed by atoms with Crippen LogP contribution in [0, 0.1) is 6.92 Å². The fraction of sp³-hybridized carbons (Fsp3) is 0.125. The van der Waals surface area contributed by atoms with Crippen LogP contribution in [0.4, 0.5) is 0 Å². The third-order valence-electron chi connectivity index (χ3n) is 3.14. The first-order valence-electron chi connectivity index (χ1n) is 6.40. The summed E-state index contributed by atoms with van der Waals surface area (Å²) in [7, 11) is 0. The molecule has 1 N–H and O–H groups in total. The largest absolute Gasteiger partial charge is 0.487 e. The summed E-state index contributed by atoms with van der Waals surface area (Å²) in [4.78, 5) is 11.7. The summed E-state index contributed by atoms with van der Waals surface area (Å²) in [6.07, 6.45) is 0.